The fourth-order valence-electron chi connectivity index (χ4n) is 3.08. The van der Waals surface area contributed by atoms with Crippen LogP contribution in [0.3, 0.4) is 0 Å². The predicted molar refractivity (Wildman–Crippen MR) is 99.2 cm³/mol. The molecule has 26 heavy (non-hydrogen) atoms. The van der Waals surface area contributed by atoms with Crippen molar-refractivity contribution in [2.45, 2.75) is 57.9 Å². The van der Waals surface area contributed by atoms with Crippen LogP contribution in [0.25, 0.3) is 0 Å². The summed E-state index contributed by atoms with van der Waals surface area (Å²) in [6.07, 6.45) is 2.62. The Morgan fingerprint density at radius 1 is 1.19 bits per heavy atom. The van der Waals surface area contributed by atoms with Crippen molar-refractivity contribution in [2.24, 2.45) is 0 Å². The van der Waals surface area contributed by atoms with Crippen LogP contribution in [0, 0.1) is 13.8 Å². The zero-order valence-corrected chi connectivity index (χ0v) is 16.9. The molecule has 1 aliphatic rings. The fraction of sp³-hybridized carbons (Fsp3) is 0.667. The summed E-state index contributed by atoms with van der Waals surface area (Å²) in [6.45, 7) is 8.52. The minimum Gasteiger partial charge on any atom is -0.456 e. The van der Waals surface area contributed by atoms with E-state index in [1.54, 1.807) is 4.90 Å². The molecule has 2 rings (SSSR count). The van der Waals surface area contributed by atoms with E-state index in [0.717, 1.165) is 22.1 Å². The molecule has 0 radical (unpaired) electrons. The minimum absolute atomic E-state index is 0.00592. The van der Waals surface area contributed by atoms with Crippen LogP contribution in [0.15, 0.2) is 5.16 Å². The Bertz CT molecular complexity index is 635. The number of esters is 1. The van der Waals surface area contributed by atoms with E-state index in [2.05, 4.69) is 9.97 Å². The monoisotopic (exact) mass is 381 g/mol. The van der Waals surface area contributed by atoms with Crippen LogP contribution in [0.1, 0.15) is 37.2 Å². The second kappa shape index (κ2) is 9.32. The van der Waals surface area contributed by atoms with Gasteiger partial charge in [0.15, 0.2) is 11.8 Å². The smallest absolute Gasteiger partial charge is 0.306 e. The van der Waals surface area contributed by atoms with E-state index in [1.807, 2.05) is 34.0 Å². The molecule has 144 valence electrons. The lowest BCUT2D eigenvalue weighted by molar-refractivity contribution is -0.157. The van der Waals surface area contributed by atoms with Crippen LogP contribution in [-0.2, 0) is 25.5 Å². The maximum Gasteiger partial charge on any atom is 0.306 e. The number of carbonyl (C=O) groups excluding carboxylic acids is 2. The molecule has 1 aromatic rings. The Balaban J connectivity index is 1.81. The molecule has 2 atom stereocenters. The molecule has 7 nitrogen and oxygen atoms in total. The molecule has 0 bridgehead atoms. The molecule has 0 aliphatic carbocycles. The number of hydrogen-bond donors (Lipinski definition) is 0. The summed E-state index contributed by atoms with van der Waals surface area (Å²) in [5, 5.41) is 0.728. The van der Waals surface area contributed by atoms with Gasteiger partial charge in [-0.25, -0.2) is 9.97 Å². The Hall–Kier alpha value is -1.67. The first-order valence-electron chi connectivity index (χ1n) is 8.77. The van der Waals surface area contributed by atoms with Crippen LogP contribution < -0.4 is 0 Å². The Kier molecular flexibility index (Phi) is 7.40. The van der Waals surface area contributed by atoms with Gasteiger partial charge < -0.3 is 14.4 Å². The van der Waals surface area contributed by atoms with Gasteiger partial charge >= 0.3 is 5.97 Å². The van der Waals surface area contributed by atoms with Gasteiger partial charge in [0.25, 0.3) is 5.91 Å². The van der Waals surface area contributed by atoms with Crippen molar-refractivity contribution in [3.8, 4) is 0 Å². The topological polar surface area (TPSA) is 81.6 Å². The number of amides is 1. The van der Waals surface area contributed by atoms with Gasteiger partial charge in [0, 0.05) is 30.9 Å². The first-order chi connectivity index (χ1) is 12.3. The first kappa shape index (κ1) is 20.6. The number of nitrogens with zero attached hydrogens (tertiary/aromatic N) is 3. The molecular formula is C18H27N3O4S. The van der Waals surface area contributed by atoms with Crippen LogP contribution >= 0.6 is 11.8 Å². The quantitative estimate of drug-likeness (QED) is 0.423. The second-order valence-electron chi connectivity index (χ2n) is 6.58. The Labute approximate surface area is 158 Å². The normalized spacial score (nSPS) is 20.1. The van der Waals surface area contributed by atoms with Crippen LogP contribution in [0.5, 0.6) is 0 Å². The number of thioether (sulfide) groups is 1. The highest BCUT2D eigenvalue weighted by molar-refractivity contribution is 7.98. The van der Waals surface area contributed by atoms with E-state index in [4.69, 9.17) is 9.47 Å². The van der Waals surface area contributed by atoms with Crippen LogP contribution in [0.2, 0.25) is 0 Å². The number of aryl methyl sites for hydroxylation is 2. The Morgan fingerprint density at radius 2 is 1.77 bits per heavy atom. The number of hydrogen-bond acceptors (Lipinski definition) is 7. The van der Waals surface area contributed by atoms with Gasteiger partial charge in [0.2, 0.25) is 0 Å². The largest absolute Gasteiger partial charge is 0.456 e. The highest BCUT2D eigenvalue weighted by Crippen LogP contribution is 2.17. The summed E-state index contributed by atoms with van der Waals surface area (Å²) in [5.74, 6) is -0.569. The summed E-state index contributed by atoms with van der Waals surface area (Å²) in [4.78, 5) is 34.7. The summed E-state index contributed by atoms with van der Waals surface area (Å²) in [5.41, 5.74) is 2.71. The lowest BCUT2D eigenvalue weighted by atomic mass is 10.1. The van der Waals surface area contributed by atoms with Crippen LogP contribution in [-0.4, -0.2) is 64.9 Å². The molecule has 0 unspecified atom stereocenters. The van der Waals surface area contributed by atoms with E-state index < -0.39 is 0 Å². The van der Waals surface area contributed by atoms with Gasteiger partial charge in [-0.2, -0.15) is 0 Å². The van der Waals surface area contributed by atoms with Crippen molar-refractivity contribution in [3.63, 3.8) is 0 Å². The SMILES string of the molecule is CSc1nc(C)c(CCC(=O)OCC(=O)N2C[C@@H](C)O[C@H](C)C2)c(C)n1. The average molecular weight is 381 g/mol. The molecule has 1 fully saturated rings. The number of ether oxygens (including phenoxy) is 2. The zero-order chi connectivity index (χ0) is 19.3. The van der Waals surface area contributed by atoms with E-state index in [-0.39, 0.29) is 37.1 Å². The standard InChI is InChI=1S/C18H27N3O4S/c1-11-8-21(9-12(2)25-11)16(22)10-24-17(23)7-6-15-13(3)19-18(26-5)20-14(15)4/h11-12H,6-10H2,1-5H3/t11-,12-/m1/s1. The minimum atomic E-state index is -0.388. The van der Waals surface area contributed by atoms with Gasteiger partial charge in [0.05, 0.1) is 12.2 Å². The summed E-state index contributed by atoms with van der Waals surface area (Å²) >= 11 is 1.49. The number of rotatable bonds is 6. The molecule has 0 saturated carbocycles. The van der Waals surface area contributed by atoms with Crippen molar-refractivity contribution in [1.29, 1.82) is 0 Å². The van der Waals surface area contributed by atoms with E-state index in [0.29, 0.717) is 19.5 Å². The van der Waals surface area contributed by atoms with Gasteiger partial charge in [-0.05, 0) is 45.9 Å². The molecule has 0 aromatic carbocycles. The maximum atomic E-state index is 12.2. The fourth-order valence-corrected chi connectivity index (χ4v) is 3.53. The predicted octanol–water partition coefficient (Wildman–Crippen LogP) is 1.93. The molecule has 0 N–H and O–H groups in total. The lowest BCUT2D eigenvalue weighted by Crippen LogP contribution is -2.49. The van der Waals surface area contributed by atoms with Crippen molar-refractivity contribution < 1.29 is 19.1 Å². The highest BCUT2D eigenvalue weighted by atomic mass is 32.2. The van der Waals surface area contributed by atoms with Crippen molar-refractivity contribution >= 4 is 23.6 Å². The molecule has 2 heterocycles. The second-order valence-corrected chi connectivity index (χ2v) is 7.35. The maximum absolute atomic E-state index is 12.2. The molecule has 0 spiro atoms. The van der Waals surface area contributed by atoms with Crippen molar-refractivity contribution in [1.82, 2.24) is 14.9 Å². The molecule has 1 aromatic heterocycles. The van der Waals surface area contributed by atoms with E-state index >= 15 is 0 Å². The van der Waals surface area contributed by atoms with Gasteiger partial charge in [-0.15, -0.1) is 0 Å². The number of morpholine rings is 1. The van der Waals surface area contributed by atoms with Gasteiger partial charge in [-0.3, -0.25) is 9.59 Å². The first-order valence-corrected chi connectivity index (χ1v) is 9.99. The summed E-state index contributed by atoms with van der Waals surface area (Å²) in [6, 6.07) is 0. The summed E-state index contributed by atoms with van der Waals surface area (Å²) < 4.78 is 10.8. The molecule has 8 heteroatoms. The Morgan fingerprint density at radius 3 is 2.31 bits per heavy atom. The van der Waals surface area contributed by atoms with Crippen molar-refractivity contribution in [3.05, 3.63) is 17.0 Å². The highest BCUT2D eigenvalue weighted by Gasteiger charge is 2.26. The molecular weight excluding hydrogens is 354 g/mol. The third-order valence-corrected chi connectivity index (χ3v) is 4.84. The van der Waals surface area contributed by atoms with Gasteiger partial charge in [0.1, 0.15) is 0 Å². The number of aromatic nitrogens is 2. The molecule has 1 saturated heterocycles. The van der Waals surface area contributed by atoms with E-state index in [1.165, 1.54) is 11.8 Å². The average Bonchev–Trinajstić information content (AvgIpc) is 2.57. The molecule has 1 amide bonds. The third kappa shape index (κ3) is 5.67. The number of carbonyl (C=O) groups is 2. The third-order valence-electron chi connectivity index (χ3n) is 4.29. The summed E-state index contributed by atoms with van der Waals surface area (Å²) in [7, 11) is 0. The van der Waals surface area contributed by atoms with Crippen LogP contribution in [0.4, 0.5) is 0 Å². The van der Waals surface area contributed by atoms with Crippen molar-refractivity contribution in [2.75, 3.05) is 26.0 Å². The van der Waals surface area contributed by atoms with E-state index in [9.17, 15) is 9.59 Å². The lowest BCUT2D eigenvalue weighted by Gasteiger charge is -2.35. The van der Waals surface area contributed by atoms with Gasteiger partial charge in [-0.1, -0.05) is 11.8 Å². The molecule has 1 aliphatic heterocycles. The zero-order valence-electron chi connectivity index (χ0n) is 16.1.